The van der Waals surface area contributed by atoms with E-state index in [1.54, 1.807) is 24.3 Å². The largest absolute Gasteiger partial charge is 0.355 e. The van der Waals surface area contributed by atoms with Gasteiger partial charge in [-0.25, -0.2) is 0 Å². The summed E-state index contributed by atoms with van der Waals surface area (Å²) in [6, 6.07) is 3.79. The zero-order valence-electron chi connectivity index (χ0n) is 12.0. The summed E-state index contributed by atoms with van der Waals surface area (Å²) in [5.41, 5.74) is 0.999. The molecule has 0 saturated heterocycles. The second kappa shape index (κ2) is 6.50. The molecule has 108 valence electrons. The quantitative estimate of drug-likeness (QED) is 0.848. The van der Waals surface area contributed by atoms with E-state index in [1.807, 2.05) is 12.1 Å². The molecule has 0 radical (unpaired) electrons. The SMILES string of the molecule is C[C@@H]1C[C@H]1C(=O)NCCC(=O)N(C)Cc1cccnc1. The molecule has 0 unspecified atom stereocenters. The molecule has 0 spiro atoms. The first-order valence-electron chi connectivity index (χ1n) is 6.98. The first kappa shape index (κ1) is 14.5. The molecule has 2 rings (SSSR count). The van der Waals surface area contributed by atoms with Gasteiger partial charge in [0.15, 0.2) is 0 Å². The number of hydrogen-bond donors (Lipinski definition) is 1. The van der Waals surface area contributed by atoms with E-state index in [0.29, 0.717) is 25.4 Å². The van der Waals surface area contributed by atoms with Crippen LogP contribution in [0.15, 0.2) is 24.5 Å². The lowest BCUT2D eigenvalue weighted by atomic mass is 10.2. The van der Waals surface area contributed by atoms with Gasteiger partial charge < -0.3 is 10.2 Å². The van der Waals surface area contributed by atoms with Crippen molar-refractivity contribution in [1.29, 1.82) is 0 Å². The van der Waals surface area contributed by atoms with Crippen LogP contribution in [-0.4, -0.2) is 35.3 Å². The number of carbonyl (C=O) groups excluding carboxylic acids is 2. The summed E-state index contributed by atoms with van der Waals surface area (Å²) in [7, 11) is 1.76. The lowest BCUT2D eigenvalue weighted by Gasteiger charge is -2.17. The third-order valence-corrected chi connectivity index (χ3v) is 3.65. The van der Waals surface area contributed by atoms with E-state index in [1.165, 1.54) is 0 Å². The first-order chi connectivity index (χ1) is 9.58. The van der Waals surface area contributed by atoms with Gasteiger partial charge in [-0.1, -0.05) is 13.0 Å². The summed E-state index contributed by atoms with van der Waals surface area (Å²) in [4.78, 5) is 29.2. The van der Waals surface area contributed by atoms with E-state index in [-0.39, 0.29) is 17.7 Å². The smallest absolute Gasteiger partial charge is 0.224 e. The van der Waals surface area contributed by atoms with Gasteiger partial charge in [-0.05, 0) is 24.0 Å². The van der Waals surface area contributed by atoms with Gasteiger partial charge in [0.1, 0.15) is 0 Å². The molecule has 1 saturated carbocycles. The Morgan fingerprint density at radius 2 is 2.25 bits per heavy atom. The number of nitrogens with zero attached hydrogens (tertiary/aromatic N) is 2. The topological polar surface area (TPSA) is 62.3 Å². The van der Waals surface area contributed by atoms with Gasteiger partial charge in [0.2, 0.25) is 11.8 Å². The highest BCUT2D eigenvalue weighted by atomic mass is 16.2. The summed E-state index contributed by atoms with van der Waals surface area (Å²) in [5.74, 6) is 0.774. The van der Waals surface area contributed by atoms with Crippen LogP contribution in [0, 0.1) is 11.8 Å². The molecular weight excluding hydrogens is 254 g/mol. The molecule has 0 aromatic carbocycles. The Morgan fingerprint density at radius 1 is 1.50 bits per heavy atom. The average molecular weight is 275 g/mol. The molecule has 2 atom stereocenters. The van der Waals surface area contributed by atoms with Crippen molar-refractivity contribution in [2.75, 3.05) is 13.6 Å². The van der Waals surface area contributed by atoms with Crippen LogP contribution in [0.4, 0.5) is 0 Å². The van der Waals surface area contributed by atoms with E-state index in [9.17, 15) is 9.59 Å². The molecule has 5 heteroatoms. The molecule has 1 aliphatic carbocycles. The Labute approximate surface area is 119 Å². The summed E-state index contributed by atoms with van der Waals surface area (Å²) in [6.07, 6.45) is 4.77. The minimum absolute atomic E-state index is 0.0259. The fraction of sp³-hybridized carbons (Fsp3) is 0.533. The molecule has 1 aliphatic rings. The number of hydrogen-bond acceptors (Lipinski definition) is 3. The van der Waals surface area contributed by atoms with Gasteiger partial charge >= 0.3 is 0 Å². The number of pyridine rings is 1. The number of amides is 2. The van der Waals surface area contributed by atoms with E-state index in [4.69, 9.17) is 0 Å². The van der Waals surface area contributed by atoms with Crippen molar-refractivity contribution in [3.8, 4) is 0 Å². The van der Waals surface area contributed by atoms with Crippen molar-refractivity contribution in [1.82, 2.24) is 15.2 Å². The number of rotatable bonds is 6. The van der Waals surface area contributed by atoms with Crippen LogP contribution in [0.2, 0.25) is 0 Å². The summed E-state index contributed by atoms with van der Waals surface area (Å²) in [5, 5.41) is 2.83. The number of aromatic nitrogens is 1. The Kier molecular flexibility index (Phi) is 4.71. The summed E-state index contributed by atoms with van der Waals surface area (Å²) >= 11 is 0. The molecule has 1 N–H and O–H groups in total. The zero-order chi connectivity index (χ0) is 14.5. The van der Waals surface area contributed by atoms with Crippen LogP contribution in [0.3, 0.4) is 0 Å². The van der Waals surface area contributed by atoms with Crippen molar-refractivity contribution in [2.24, 2.45) is 11.8 Å². The molecule has 0 bridgehead atoms. The van der Waals surface area contributed by atoms with Crippen molar-refractivity contribution in [3.05, 3.63) is 30.1 Å². The first-order valence-corrected chi connectivity index (χ1v) is 6.98. The third-order valence-electron chi connectivity index (χ3n) is 3.65. The van der Waals surface area contributed by atoms with Gasteiger partial charge in [-0.2, -0.15) is 0 Å². The van der Waals surface area contributed by atoms with Crippen molar-refractivity contribution in [3.63, 3.8) is 0 Å². The number of nitrogens with one attached hydrogen (secondary N) is 1. The van der Waals surface area contributed by atoms with E-state index in [2.05, 4.69) is 17.2 Å². The Hall–Kier alpha value is -1.91. The maximum Gasteiger partial charge on any atom is 0.224 e. The summed E-state index contributed by atoms with van der Waals surface area (Å²) in [6.45, 7) is 3.02. The van der Waals surface area contributed by atoms with Crippen LogP contribution in [0.5, 0.6) is 0 Å². The molecule has 1 heterocycles. The molecule has 5 nitrogen and oxygen atoms in total. The predicted molar refractivity (Wildman–Crippen MR) is 75.6 cm³/mol. The third kappa shape index (κ3) is 4.05. The molecule has 1 fully saturated rings. The Bertz CT molecular complexity index is 475. The van der Waals surface area contributed by atoms with Crippen molar-refractivity contribution in [2.45, 2.75) is 26.3 Å². The zero-order valence-corrected chi connectivity index (χ0v) is 12.0. The van der Waals surface area contributed by atoms with E-state index >= 15 is 0 Å². The molecule has 1 aromatic heterocycles. The Balaban J connectivity index is 1.67. The molecule has 0 aliphatic heterocycles. The van der Waals surface area contributed by atoms with Crippen molar-refractivity contribution >= 4 is 11.8 Å². The molecule has 1 aromatic rings. The second-order valence-corrected chi connectivity index (χ2v) is 5.47. The minimum atomic E-state index is 0.0259. The van der Waals surface area contributed by atoms with Gasteiger partial charge in [-0.3, -0.25) is 14.6 Å². The van der Waals surface area contributed by atoms with Crippen LogP contribution >= 0.6 is 0 Å². The fourth-order valence-corrected chi connectivity index (χ4v) is 2.16. The summed E-state index contributed by atoms with van der Waals surface area (Å²) < 4.78 is 0. The fourth-order valence-electron chi connectivity index (χ4n) is 2.16. The van der Waals surface area contributed by atoms with Crippen molar-refractivity contribution < 1.29 is 9.59 Å². The highest BCUT2D eigenvalue weighted by Gasteiger charge is 2.38. The highest BCUT2D eigenvalue weighted by Crippen LogP contribution is 2.37. The Morgan fingerprint density at radius 3 is 2.85 bits per heavy atom. The maximum atomic E-state index is 11.9. The van der Waals surface area contributed by atoms with Crippen LogP contribution in [0.25, 0.3) is 0 Å². The molecular formula is C15H21N3O2. The predicted octanol–water partition coefficient (Wildman–Crippen LogP) is 1.20. The minimum Gasteiger partial charge on any atom is -0.355 e. The van der Waals surface area contributed by atoms with Gasteiger partial charge in [-0.15, -0.1) is 0 Å². The molecule has 2 amide bonds. The lowest BCUT2D eigenvalue weighted by Crippen LogP contribution is -2.32. The standard InChI is InChI=1S/C15H21N3O2/c1-11-8-13(11)15(20)17-7-5-14(19)18(2)10-12-4-3-6-16-9-12/h3-4,6,9,11,13H,5,7-8,10H2,1-2H3,(H,17,20)/t11-,13-/m1/s1. The maximum absolute atomic E-state index is 11.9. The molecule has 20 heavy (non-hydrogen) atoms. The van der Waals surface area contributed by atoms with Gasteiger partial charge in [0.05, 0.1) is 0 Å². The van der Waals surface area contributed by atoms with Crippen LogP contribution < -0.4 is 5.32 Å². The highest BCUT2D eigenvalue weighted by molar-refractivity contribution is 5.82. The second-order valence-electron chi connectivity index (χ2n) is 5.47. The monoisotopic (exact) mass is 275 g/mol. The normalized spacial score (nSPS) is 20.3. The lowest BCUT2D eigenvalue weighted by molar-refractivity contribution is -0.130. The average Bonchev–Trinajstić information content (AvgIpc) is 3.17. The van der Waals surface area contributed by atoms with Crippen LogP contribution in [-0.2, 0) is 16.1 Å². The van der Waals surface area contributed by atoms with E-state index < -0.39 is 0 Å². The number of carbonyl (C=O) groups is 2. The van der Waals surface area contributed by atoms with Gasteiger partial charge in [0, 0.05) is 44.9 Å². The van der Waals surface area contributed by atoms with E-state index in [0.717, 1.165) is 12.0 Å². The van der Waals surface area contributed by atoms with Crippen LogP contribution in [0.1, 0.15) is 25.3 Å². The van der Waals surface area contributed by atoms with Gasteiger partial charge in [0.25, 0.3) is 0 Å².